The number of H-pyrrole nitrogens is 1. The molecule has 0 saturated heterocycles. The Balaban J connectivity index is 2.43. The van der Waals surface area contributed by atoms with E-state index in [9.17, 15) is 9.59 Å². The summed E-state index contributed by atoms with van der Waals surface area (Å²) in [5.74, 6) is -0.881. The molecule has 0 aliphatic rings. The summed E-state index contributed by atoms with van der Waals surface area (Å²) >= 11 is 0. The summed E-state index contributed by atoms with van der Waals surface area (Å²) in [6.07, 6.45) is -0.00534. The van der Waals surface area contributed by atoms with E-state index >= 15 is 0 Å². The lowest BCUT2D eigenvalue weighted by molar-refractivity contribution is -0.137. The molecule has 2 aromatic rings. The summed E-state index contributed by atoms with van der Waals surface area (Å²) in [4.78, 5) is 21.8. The highest BCUT2D eigenvalue weighted by Gasteiger charge is 2.06. The van der Waals surface area contributed by atoms with Gasteiger partial charge >= 0.3 is 5.97 Å². The molecular formula is C10H10N2O3. The predicted octanol–water partition coefficient (Wildman–Crippen LogP) is 0.804. The quantitative estimate of drug-likeness (QED) is 0.780. The average Bonchev–Trinajstić information content (AvgIpc) is 2.54. The van der Waals surface area contributed by atoms with Crippen LogP contribution in [0.5, 0.6) is 0 Å². The predicted molar refractivity (Wildman–Crippen MR) is 54.8 cm³/mol. The maximum atomic E-state index is 11.4. The minimum Gasteiger partial charge on any atom is -0.481 e. The number of nitrogens with zero attached hydrogens (tertiary/aromatic N) is 1. The van der Waals surface area contributed by atoms with Crippen LogP contribution in [0.1, 0.15) is 6.42 Å². The lowest BCUT2D eigenvalue weighted by atomic mass is 10.2. The van der Waals surface area contributed by atoms with Crippen LogP contribution < -0.4 is 5.56 Å². The van der Waals surface area contributed by atoms with Gasteiger partial charge in [0, 0.05) is 6.54 Å². The van der Waals surface area contributed by atoms with Crippen molar-refractivity contribution in [2.24, 2.45) is 0 Å². The monoisotopic (exact) mass is 206 g/mol. The molecular weight excluding hydrogens is 196 g/mol. The molecule has 0 aliphatic heterocycles. The van der Waals surface area contributed by atoms with Gasteiger partial charge in [-0.1, -0.05) is 12.1 Å². The summed E-state index contributed by atoms with van der Waals surface area (Å²) in [7, 11) is 0. The second kappa shape index (κ2) is 3.61. The van der Waals surface area contributed by atoms with E-state index in [0.29, 0.717) is 5.39 Å². The van der Waals surface area contributed by atoms with Crippen molar-refractivity contribution in [2.45, 2.75) is 13.0 Å². The Labute approximate surface area is 84.9 Å². The third-order valence-electron chi connectivity index (χ3n) is 2.23. The van der Waals surface area contributed by atoms with Crippen LogP contribution in [-0.4, -0.2) is 20.9 Å². The van der Waals surface area contributed by atoms with Gasteiger partial charge in [0.2, 0.25) is 0 Å². The Hall–Kier alpha value is -2.04. The zero-order chi connectivity index (χ0) is 10.8. The van der Waals surface area contributed by atoms with Gasteiger partial charge in [-0.3, -0.25) is 19.4 Å². The van der Waals surface area contributed by atoms with Gasteiger partial charge in [0.15, 0.2) is 0 Å². The largest absolute Gasteiger partial charge is 0.481 e. The Morgan fingerprint density at radius 2 is 2.13 bits per heavy atom. The van der Waals surface area contributed by atoms with Gasteiger partial charge in [-0.25, -0.2) is 0 Å². The van der Waals surface area contributed by atoms with E-state index in [0.717, 1.165) is 5.52 Å². The second-order valence-electron chi connectivity index (χ2n) is 3.25. The van der Waals surface area contributed by atoms with Crippen LogP contribution in [0, 0.1) is 0 Å². The molecule has 5 nitrogen and oxygen atoms in total. The van der Waals surface area contributed by atoms with E-state index in [4.69, 9.17) is 5.11 Å². The third kappa shape index (κ3) is 1.76. The Morgan fingerprint density at radius 1 is 1.40 bits per heavy atom. The van der Waals surface area contributed by atoms with Crippen LogP contribution in [-0.2, 0) is 11.3 Å². The zero-order valence-electron chi connectivity index (χ0n) is 7.93. The van der Waals surface area contributed by atoms with Gasteiger partial charge in [0.05, 0.1) is 17.3 Å². The number of hydrogen-bond donors (Lipinski definition) is 2. The molecule has 0 aliphatic carbocycles. The van der Waals surface area contributed by atoms with Gasteiger partial charge in [0.1, 0.15) is 0 Å². The smallest absolute Gasteiger partial charge is 0.305 e. The van der Waals surface area contributed by atoms with Gasteiger partial charge in [-0.15, -0.1) is 0 Å². The van der Waals surface area contributed by atoms with Crippen molar-refractivity contribution in [3.63, 3.8) is 0 Å². The summed E-state index contributed by atoms with van der Waals surface area (Å²) in [6.45, 7) is 0.276. The molecule has 2 rings (SSSR count). The molecule has 0 amide bonds. The first-order chi connectivity index (χ1) is 7.18. The van der Waals surface area contributed by atoms with E-state index in [2.05, 4.69) is 5.10 Å². The number of rotatable bonds is 3. The van der Waals surface area contributed by atoms with Crippen molar-refractivity contribution in [3.05, 3.63) is 34.6 Å². The molecule has 0 fully saturated rings. The zero-order valence-corrected chi connectivity index (χ0v) is 7.93. The molecule has 78 valence electrons. The Bertz CT molecular complexity index is 553. The molecule has 15 heavy (non-hydrogen) atoms. The fourth-order valence-corrected chi connectivity index (χ4v) is 1.53. The summed E-state index contributed by atoms with van der Waals surface area (Å²) in [5, 5.41) is 11.7. The minimum absolute atomic E-state index is 0.00534. The van der Waals surface area contributed by atoms with E-state index in [-0.39, 0.29) is 18.5 Å². The molecule has 0 atom stereocenters. The van der Waals surface area contributed by atoms with Gasteiger partial charge in [-0.05, 0) is 12.1 Å². The average molecular weight is 206 g/mol. The first-order valence-electron chi connectivity index (χ1n) is 4.58. The fourth-order valence-electron chi connectivity index (χ4n) is 1.53. The number of aromatic amines is 1. The summed E-state index contributed by atoms with van der Waals surface area (Å²) in [6, 6.07) is 7.09. The highest BCUT2D eigenvalue weighted by molar-refractivity contribution is 5.78. The molecule has 0 unspecified atom stereocenters. The van der Waals surface area contributed by atoms with Crippen LogP contribution >= 0.6 is 0 Å². The third-order valence-corrected chi connectivity index (χ3v) is 2.23. The van der Waals surface area contributed by atoms with Crippen molar-refractivity contribution in [3.8, 4) is 0 Å². The molecule has 1 aromatic heterocycles. The van der Waals surface area contributed by atoms with Crippen molar-refractivity contribution >= 4 is 16.9 Å². The highest BCUT2D eigenvalue weighted by atomic mass is 16.4. The van der Waals surface area contributed by atoms with Gasteiger partial charge in [-0.2, -0.15) is 0 Å². The van der Waals surface area contributed by atoms with Crippen LogP contribution in [0.3, 0.4) is 0 Å². The van der Waals surface area contributed by atoms with Gasteiger partial charge in [0.25, 0.3) is 5.56 Å². The van der Waals surface area contributed by atoms with E-state index in [1.54, 1.807) is 22.9 Å². The van der Waals surface area contributed by atoms with Crippen molar-refractivity contribution < 1.29 is 9.90 Å². The number of benzene rings is 1. The SMILES string of the molecule is O=C(O)CCn1[nH]c(=O)c2ccccc21. The number of hydrogen-bond acceptors (Lipinski definition) is 2. The molecule has 1 aromatic carbocycles. The first-order valence-corrected chi connectivity index (χ1v) is 4.58. The number of fused-ring (bicyclic) bond motifs is 1. The number of aromatic nitrogens is 2. The van der Waals surface area contributed by atoms with E-state index < -0.39 is 5.97 Å². The van der Waals surface area contributed by atoms with Gasteiger partial charge < -0.3 is 5.11 Å². The Kier molecular flexibility index (Phi) is 2.29. The lowest BCUT2D eigenvalue weighted by Gasteiger charge is -2.00. The number of carboxylic acid groups (broad SMARTS) is 1. The minimum atomic E-state index is -0.881. The normalized spacial score (nSPS) is 10.7. The molecule has 0 saturated carbocycles. The maximum Gasteiger partial charge on any atom is 0.305 e. The second-order valence-corrected chi connectivity index (χ2v) is 3.25. The summed E-state index contributed by atoms with van der Waals surface area (Å²) in [5.41, 5.74) is 0.555. The molecule has 2 N–H and O–H groups in total. The van der Waals surface area contributed by atoms with Crippen molar-refractivity contribution in [1.82, 2.24) is 9.78 Å². The molecule has 0 spiro atoms. The Morgan fingerprint density at radius 3 is 2.87 bits per heavy atom. The lowest BCUT2D eigenvalue weighted by Crippen LogP contribution is -2.09. The first kappa shape index (κ1) is 9.51. The fraction of sp³-hybridized carbons (Fsp3) is 0.200. The number of aryl methyl sites for hydroxylation is 1. The maximum absolute atomic E-state index is 11.4. The number of carboxylic acids is 1. The number of carbonyl (C=O) groups is 1. The topological polar surface area (TPSA) is 75.1 Å². The number of aliphatic carboxylic acids is 1. The number of nitrogens with one attached hydrogen (secondary N) is 1. The van der Waals surface area contributed by atoms with Crippen LogP contribution in [0.25, 0.3) is 10.9 Å². The number of para-hydroxylation sites is 1. The van der Waals surface area contributed by atoms with Crippen LogP contribution in [0.15, 0.2) is 29.1 Å². The standard InChI is InChI=1S/C10H10N2O3/c13-9(14)5-6-12-8-4-2-1-3-7(8)10(15)11-12/h1-4H,5-6H2,(H,11,15)(H,13,14). The molecule has 1 heterocycles. The summed E-state index contributed by atoms with van der Waals surface area (Å²) < 4.78 is 1.56. The molecule has 5 heteroatoms. The van der Waals surface area contributed by atoms with E-state index in [1.807, 2.05) is 6.07 Å². The van der Waals surface area contributed by atoms with Crippen LogP contribution in [0.2, 0.25) is 0 Å². The van der Waals surface area contributed by atoms with E-state index in [1.165, 1.54) is 0 Å². The molecule has 0 bridgehead atoms. The van der Waals surface area contributed by atoms with Crippen LogP contribution in [0.4, 0.5) is 0 Å². The van der Waals surface area contributed by atoms with Crippen molar-refractivity contribution in [2.75, 3.05) is 0 Å². The van der Waals surface area contributed by atoms with Crippen molar-refractivity contribution in [1.29, 1.82) is 0 Å². The highest BCUT2D eigenvalue weighted by Crippen LogP contribution is 2.08. The molecule has 0 radical (unpaired) electrons.